The van der Waals surface area contributed by atoms with E-state index in [9.17, 15) is 13.2 Å². The standard InChI is InChI=1S/C26H25BrN4O4S/c1-17-7-8-18(2)23(13-17)31(36(3,33)34)16-19-9-11-20(12-10-19)26(32)28-15-24-29-25(30-35-24)21-5-4-6-22(27)14-21/h4-14H,15-16H2,1-3H3,(H,28,32). The van der Waals surface area contributed by atoms with Gasteiger partial charge < -0.3 is 9.84 Å². The molecule has 0 spiro atoms. The molecular weight excluding hydrogens is 544 g/mol. The Bertz CT molecular complexity index is 1500. The third-order valence-corrected chi connectivity index (χ3v) is 7.15. The van der Waals surface area contributed by atoms with Crippen LogP contribution in [0, 0.1) is 13.8 Å². The van der Waals surface area contributed by atoms with Gasteiger partial charge in [0.25, 0.3) is 5.91 Å². The second-order valence-corrected chi connectivity index (χ2v) is 11.3. The van der Waals surface area contributed by atoms with Crippen LogP contribution in [0.3, 0.4) is 0 Å². The highest BCUT2D eigenvalue weighted by molar-refractivity contribution is 9.10. The van der Waals surface area contributed by atoms with Crippen molar-refractivity contribution in [2.45, 2.75) is 26.9 Å². The fourth-order valence-electron chi connectivity index (χ4n) is 3.63. The molecule has 1 amide bonds. The number of nitrogens with zero attached hydrogens (tertiary/aromatic N) is 3. The second kappa shape index (κ2) is 10.6. The van der Waals surface area contributed by atoms with Gasteiger partial charge in [-0.1, -0.05) is 57.5 Å². The number of aromatic nitrogens is 2. The molecule has 36 heavy (non-hydrogen) atoms. The van der Waals surface area contributed by atoms with Gasteiger partial charge in [-0.05, 0) is 60.9 Å². The molecule has 0 aliphatic heterocycles. The summed E-state index contributed by atoms with van der Waals surface area (Å²) in [5.74, 6) is 0.412. The van der Waals surface area contributed by atoms with Gasteiger partial charge in [-0.15, -0.1) is 0 Å². The minimum Gasteiger partial charge on any atom is -0.343 e. The Morgan fingerprint density at radius 1 is 1.06 bits per heavy atom. The Morgan fingerprint density at radius 3 is 2.50 bits per heavy atom. The fraction of sp³-hybridized carbons (Fsp3) is 0.192. The number of sulfonamides is 1. The van der Waals surface area contributed by atoms with E-state index >= 15 is 0 Å². The maximum atomic E-state index is 12.6. The van der Waals surface area contributed by atoms with Crippen LogP contribution in [0.15, 0.2) is 75.7 Å². The fourth-order valence-corrected chi connectivity index (χ4v) is 4.96. The molecule has 0 fully saturated rings. The first kappa shape index (κ1) is 25.6. The minimum absolute atomic E-state index is 0.0794. The van der Waals surface area contributed by atoms with E-state index in [2.05, 4.69) is 31.4 Å². The van der Waals surface area contributed by atoms with Crippen LogP contribution in [-0.2, 0) is 23.1 Å². The number of amides is 1. The van der Waals surface area contributed by atoms with E-state index in [0.29, 0.717) is 17.1 Å². The molecule has 0 aliphatic rings. The van der Waals surface area contributed by atoms with Gasteiger partial charge in [0.15, 0.2) is 0 Å². The van der Waals surface area contributed by atoms with Crippen molar-refractivity contribution < 1.29 is 17.7 Å². The van der Waals surface area contributed by atoms with E-state index in [0.717, 1.165) is 26.7 Å². The number of halogens is 1. The molecule has 1 aromatic heterocycles. The number of carbonyl (C=O) groups excluding carboxylic acids is 1. The van der Waals surface area contributed by atoms with Crippen molar-refractivity contribution >= 4 is 37.5 Å². The molecule has 0 atom stereocenters. The first-order valence-corrected chi connectivity index (χ1v) is 13.7. The van der Waals surface area contributed by atoms with Crippen LogP contribution in [0.5, 0.6) is 0 Å². The van der Waals surface area contributed by atoms with Crippen LogP contribution in [0.1, 0.15) is 32.9 Å². The summed E-state index contributed by atoms with van der Waals surface area (Å²) in [6.07, 6.45) is 1.19. The Hall–Kier alpha value is -3.50. The van der Waals surface area contributed by atoms with Gasteiger partial charge in [0.1, 0.15) is 0 Å². The molecule has 0 aliphatic carbocycles. The predicted molar refractivity (Wildman–Crippen MR) is 142 cm³/mol. The number of anilines is 1. The molecular formula is C26H25BrN4O4S. The average molecular weight is 569 g/mol. The summed E-state index contributed by atoms with van der Waals surface area (Å²) in [4.78, 5) is 16.9. The normalized spacial score (nSPS) is 11.3. The molecule has 10 heteroatoms. The van der Waals surface area contributed by atoms with Crippen molar-refractivity contribution in [1.29, 1.82) is 0 Å². The van der Waals surface area contributed by atoms with E-state index in [1.54, 1.807) is 24.3 Å². The summed E-state index contributed by atoms with van der Waals surface area (Å²) < 4.78 is 32.6. The molecule has 3 aromatic carbocycles. The lowest BCUT2D eigenvalue weighted by Crippen LogP contribution is -2.30. The number of carbonyl (C=O) groups is 1. The molecule has 1 N–H and O–H groups in total. The average Bonchev–Trinajstić information content (AvgIpc) is 3.31. The lowest BCUT2D eigenvalue weighted by molar-refractivity contribution is 0.0946. The van der Waals surface area contributed by atoms with Crippen LogP contribution in [0.2, 0.25) is 0 Å². The van der Waals surface area contributed by atoms with Crippen molar-refractivity contribution in [3.63, 3.8) is 0 Å². The van der Waals surface area contributed by atoms with E-state index in [-0.39, 0.29) is 24.9 Å². The van der Waals surface area contributed by atoms with Crippen LogP contribution >= 0.6 is 15.9 Å². The minimum atomic E-state index is -3.51. The van der Waals surface area contributed by atoms with Crippen LogP contribution in [0.25, 0.3) is 11.4 Å². The molecule has 0 bridgehead atoms. The third-order valence-electron chi connectivity index (χ3n) is 5.53. The quantitative estimate of drug-likeness (QED) is 0.320. The highest BCUT2D eigenvalue weighted by Crippen LogP contribution is 2.26. The van der Waals surface area contributed by atoms with Crippen LogP contribution in [0.4, 0.5) is 5.69 Å². The summed E-state index contributed by atoms with van der Waals surface area (Å²) in [5, 5.41) is 6.73. The van der Waals surface area contributed by atoms with Crippen LogP contribution in [-0.4, -0.2) is 30.7 Å². The van der Waals surface area contributed by atoms with Gasteiger partial charge in [-0.3, -0.25) is 9.10 Å². The van der Waals surface area contributed by atoms with Crippen molar-refractivity contribution in [2.75, 3.05) is 10.6 Å². The molecule has 1 heterocycles. The molecule has 4 rings (SSSR count). The summed E-state index contributed by atoms with van der Waals surface area (Å²) in [6.45, 7) is 4.04. The SMILES string of the molecule is Cc1ccc(C)c(N(Cc2ccc(C(=O)NCc3nc(-c4cccc(Br)c4)no3)cc2)S(C)(=O)=O)c1. The topological polar surface area (TPSA) is 105 Å². The lowest BCUT2D eigenvalue weighted by Gasteiger charge is -2.25. The molecule has 0 saturated carbocycles. The summed E-state index contributed by atoms with van der Waals surface area (Å²) in [5.41, 5.74) is 4.47. The van der Waals surface area contributed by atoms with E-state index in [4.69, 9.17) is 4.52 Å². The van der Waals surface area contributed by atoms with Crippen molar-refractivity contribution in [2.24, 2.45) is 0 Å². The molecule has 0 saturated heterocycles. The van der Waals surface area contributed by atoms with E-state index in [1.807, 2.05) is 56.3 Å². The lowest BCUT2D eigenvalue weighted by atomic mass is 10.1. The summed E-state index contributed by atoms with van der Waals surface area (Å²) >= 11 is 3.41. The number of rotatable bonds is 8. The molecule has 0 unspecified atom stereocenters. The maximum absolute atomic E-state index is 12.6. The highest BCUT2D eigenvalue weighted by Gasteiger charge is 2.20. The van der Waals surface area contributed by atoms with Gasteiger partial charge in [0, 0.05) is 15.6 Å². The second-order valence-electron chi connectivity index (χ2n) is 8.46. The monoisotopic (exact) mass is 568 g/mol. The number of aryl methyl sites for hydroxylation is 2. The highest BCUT2D eigenvalue weighted by atomic mass is 79.9. The Balaban J connectivity index is 1.42. The van der Waals surface area contributed by atoms with E-state index in [1.165, 1.54) is 10.6 Å². The van der Waals surface area contributed by atoms with Gasteiger partial charge in [-0.25, -0.2) is 8.42 Å². The maximum Gasteiger partial charge on any atom is 0.251 e. The summed E-state index contributed by atoms with van der Waals surface area (Å²) in [7, 11) is -3.51. The molecule has 4 aromatic rings. The van der Waals surface area contributed by atoms with Gasteiger partial charge in [0.2, 0.25) is 21.7 Å². The Kier molecular flexibility index (Phi) is 7.56. The Morgan fingerprint density at radius 2 is 1.81 bits per heavy atom. The molecule has 8 nitrogen and oxygen atoms in total. The number of nitrogens with one attached hydrogen (secondary N) is 1. The zero-order chi connectivity index (χ0) is 25.9. The van der Waals surface area contributed by atoms with Crippen molar-refractivity contribution in [1.82, 2.24) is 15.5 Å². The smallest absolute Gasteiger partial charge is 0.251 e. The Labute approximate surface area is 218 Å². The van der Waals surface area contributed by atoms with Gasteiger partial charge in [-0.2, -0.15) is 4.98 Å². The number of hydrogen-bond donors (Lipinski definition) is 1. The first-order valence-electron chi connectivity index (χ1n) is 11.1. The van der Waals surface area contributed by atoms with Gasteiger partial charge in [0.05, 0.1) is 25.0 Å². The number of benzene rings is 3. The van der Waals surface area contributed by atoms with E-state index < -0.39 is 10.0 Å². The number of hydrogen-bond acceptors (Lipinski definition) is 6. The third kappa shape index (κ3) is 6.19. The van der Waals surface area contributed by atoms with Crippen LogP contribution < -0.4 is 9.62 Å². The molecule has 186 valence electrons. The summed E-state index contributed by atoms with van der Waals surface area (Å²) in [6, 6.07) is 20.0. The first-order chi connectivity index (χ1) is 17.1. The predicted octanol–water partition coefficient (Wildman–Crippen LogP) is 5.01. The largest absolute Gasteiger partial charge is 0.343 e. The van der Waals surface area contributed by atoms with Crippen molar-refractivity contribution in [3.05, 3.63) is 99.3 Å². The zero-order valence-electron chi connectivity index (χ0n) is 20.0. The molecule has 0 radical (unpaired) electrons. The van der Waals surface area contributed by atoms with Crippen molar-refractivity contribution in [3.8, 4) is 11.4 Å². The zero-order valence-corrected chi connectivity index (χ0v) is 22.4. The van der Waals surface area contributed by atoms with Gasteiger partial charge >= 0.3 is 0 Å².